The molecule has 138 valence electrons. The highest BCUT2D eigenvalue weighted by Crippen LogP contribution is 2.35. The molecule has 0 N–H and O–H groups in total. The zero-order chi connectivity index (χ0) is 19.0. The lowest BCUT2D eigenvalue weighted by atomic mass is 9.78. The Kier molecular flexibility index (Phi) is 5.63. The van der Waals surface area contributed by atoms with Crippen LogP contribution in [0.5, 0.6) is 0 Å². The van der Waals surface area contributed by atoms with Crippen molar-refractivity contribution in [1.82, 2.24) is 4.90 Å². The Morgan fingerprint density at radius 1 is 1.08 bits per heavy atom. The van der Waals surface area contributed by atoms with Gasteiger partial charge in [-0.05, 0) is 66.1 Å². The highest BCUT2D eigenvalue weighted by molar-refractivity contribution is 6.03. The largest absolute Gasteiger partial charge is 0.309 e. The van der Waals surface area contributed by atoms with Crippen molar-refractivity contribution in [3.05, 3.63) is 40.5 Å². The molecule has 1 fully saturated rings. The maximum Gasteiger partial charge on any atom is 0.163 e. The summed E-state index contributed by atoms with van der Waals surface area (Å²) in [7, 11) is 4.08. The van der Waals surface area contributed by atoms with Gasteiger partial charge in [0, 0.05) is 12.5 Å². The molecule has 0 heterocycles. The van der Waals surface area contributed by atoms with Crippen molar-refractivity contribution < 1.29 is 4.79 Å². The minimum atomic E-state index is 0.0539. The number of nitrogens with zero attached hydrogens (tertiary/aromatic N) is 1. The average Bonchev–Trinajstić information content (AvgIpc) is 2.78. The van der Waals surface area contributed by atoms with Crippen LogP contribution in [0.1, 0.15) is 71.1 Å². The molecule has 0 bridgehead atoms. The van der Waals surface area contributed by atoms with Crippen LogP contribution in [0.2, 0.25) is 0 Å². The first kappa shape index (κ1) is 19.9. The first-order valence-electron chi connectivity index (χ1n) is 9.44. The third-order valence-electron chi connectivity index (χ3n) is 5.09. The SMILES string of the molecule is CN(C)CC1CCC(=Cc2ccc(C(C)(C)C)cc2C(C)(C)C)C1=O. The number of carbonyl (C=O) groups is 1. The molecule has 2 rings (SSSR count). The molecule has 1 saturated carbocycles. The molecule has 1 unspecified atom stereocenters. The Hall–Kier alpha value is -1.41. The maximum absolute atomic E-state index is 12.7. The fourth-order valence-corrected chi connectivity index (χ4v) is 3.59. The summed E-state index contributed by atoms with van der Waals surface area (Å²) in [4.78, 5) is 14.9. The zero-order valence-electron chi connectivity index (χ0n) is 17.4. The van der Waals surface area contributed by atoms with Crippen molar-refractivity contribution in [1.29, 1.82) is 0 Å². The second-order valence-corrected chi connectivity index (χ2v) is 9.83. The first-order chi connectivity index (χ1) is 11.4. The average molecular weight is 342 g/mol. The van der Waals surface area contributed by atoms with E-state index < -0.39 is 0 Å². The van der Waals surface area contributed by atoms with Crippen molar-refractivity contribution in [2.24, 2.45) is 5.92 Å². The first-order valence-corrected chi connectivity index (χ1v) is 9.44. The summed E-state index contributed by atoms with van der Waals surface area (Å²) in [6.07, 6.45) is 4.04. The molecule has 0 amide bonds. The molecule has 25 heavy (non-hydrogen) atoms. The fourth-order valence-electron chi connectivity index (χ4n) is 3.59. The summed E-state index contributed by atoms with van der Waals surface area (Å²) in [5.74, 6) is 0.502. The summed E-state index contributed by atoms with van der Waals surface area (Å²) in [5.41, 5.74) is 5.07. The van der Waals surface area contributed by atoms with Gasteiger partial charge in [0.05, 0.1) is 0 Å². The van der Waals surface area contributed by atoms with E-state index >= 15 is 0 Å². The molecule has 1 aliphatic rings. The van der Waals surface area contributed by atoms with Gasteiger partial charge in [-0.2, -0.15) is 0 Å². The molecule has 1 aromatic rings. The predicted molar refractivity (Wildman–Crippen MR) is 108 cm³/mol. The lowest BCUT2D eigenvalue weighted by Gasteiger charge is -2.27. The Labute approximate surface area is 154 Å². The molecular weight excluding hydrogens is 306 g/mol. The number of hydrogen-bond acceptors (Lipinski definition) is 2. The number of hydrogen-bond donors (Lipinski definition) is 0. The van der Waals surface area contributed by atoms with E-state index in [2.05, 4.69) is 70.7 Å². The molecule has 2 nitrogen and oxygen atoms in total. The second-order valence-electron chi connectivity index (χ2n) is 9.83. The second kappa shape index (κ2) is 7.07. The minimum Gasteiger partial charge on any atom is -0.309 e. The number of Topliss-reactive ketones (excluding diaryl/α,β-unsaturated/α-hetero) is 1. The lowest BCUT2D eigenvalue weighted by molar-refractivity contribution is -0.118. The molecule has 0 aromatic heterocycles. The zero-order valence-corrected chi connectivity index (χ0v) is 17.4. The molecule has 1 aromatic carbocycles. The Morgan fingerprint density at radius 2 is 1.72 bits per heavy atom. The molecular formula is C23H35NO. The lowest BCUT2D eigenvalue weighted by Crippen LogP contribution is -2.24. The van der Waals surface area contributed by atoms with Crippen LogP contribution in [-0.2, 0) is 15.6 Å². The molecule has 0 aliphatic heterocycles. The summed E-state index contributed by atoms with van der Waals surface area (Å²) in [6.45, 7) is 14.4. The van der Waals surface area contributed by atoms with Crippen LogP contribution < -0.4 is 0 Å². The monoisotopic (exact) mass is 341 g/mol. The standard InChI is InChI=1S/C23H35NO/c1-22(2,3)19-12-11-16(20(14-19)23(4,5)6)13-17-9-10-18(21(17)25)15-24(7)8/h11-14,18H,9-10,15H2,1-8H3. The summed E-state index contributed by atoms with van der Waals surface area (Å²) >= 11 is 0. The third-order valence-corrected chi connectivity index (χ3v) is 5.09. The summed E-state index contributed by atoms with van der Waals surface area (Å²) < 4.78 is 0. The van der Waals surface area contributed by atoms with Gasteiger partial charge in [-0.3, -0.25) is 4.79 Å². The Bertz CT molecular complexity index is 668. The van der Waals surface area contributed by atoms with Crippen LogP contribution in [0.4, 0.5) is 0 Å². The van der Waals surface area contributed by atoms with E-state index in [0.717, 1.165) is 25.0 Å². The van der Waals surface area contributed by atoms with E-state index in [1.807, 2.05) is 14.1 Å². The third kappa shape index (κ3) is 4.82. The van der Waals surface area contributed by atoms with Crippen molar-refractivity contribution in [2.45, 2.75) is 65.2 Å². The smallest absolute Gasteiger partial charge is 0.163 e. The van der Waals surface area contributed by atoms with E-state index in [4.69, 9.17) is 0 Å². The number of allylic oxidation sites excluding steroid dienone is 1. The number of rotatable bonds is 3. The van der Waals surface area contributed by atoms with Gasteiger partial charge in [0.1, 0.15) is 0 Å². The van der Waals surface area contributed by atoms with E-state index in [-0.39, 0.29) is 16.7 Å². The number of benzene rings is 1. The number of ketones is 1. The minimum absolute atomic E-state index is 0.0539. The van der Waals surface area contributed by atoms with Gasteiger partial charge in [0.15, 0.2) is 5.78 Å². The van der Waals surface area contributed by atoms with Crippen molar-refractivity contribution in [3.63, 3.8) is 0 Å². The topological polar surface area (TPSA) is 20.3 Å². The van der Waals surface area contributed by atoms with Gasteiger partial charge in [0.25, 0.3) is 0 Å². The van der Waals surface area contributed by atoms with Crippen LogP contribution in [0.25, 0.3) is 6.08 Å². The quantitative estimate of drug-likeness (QED) is 0.704. The van der Waals surface area contributed by atoms with Gasteiger partial charge in [-0.15, -0.1) is 0 Å². The van der Waals surface area contributed by atoms with E-state index in [1.165, 1.54) is 16.7 Å². The van der Waals surface area contributed by atoms with Crippen LogP contribution in [-0.4, -0.2) is 31.3 Å². The highest BCUT2D eigenvalue weighted by Gasteiger charge is 2.30. The maximum atomic E-state index is 12.7. The van der Waals surface area contributed by atoms with Gasteiger partial charge in [0.2, 0.25) is 0 Å². The van der Waals surface area contributed by atoms with Crippen LogP contribution in [0, 0.1) is 5.92 Å². The summed E-state index contributed by atoms with van der Waals surface area (Å²) in [5, 5.41) is 0. The van der Waals surface area contributed by atoms with Crippen molar-refractivity contribution in [2.75, 3.05) is 20.6 Å². The summed E-state index contributed by atoms with van der Waals surface area (Å²) in [6, 6.07) is 6.77. The van der Waals surface area contributed by atoms with E-state index in [0.29, 0.717) is 5.78 Å². The molecule has 0 spiro atoms. The van der Waals surface area contributed by atoms with Crippen LogP contribution in [0.3, 0.4) is 0 Å². The van der Waals surface area contributed by atoms with Crippen molar-refractivity contribution >= 4 is 11.9 Å². The number of carbonyl (C=O) groups excluding carboxylic acids is 1. The highest BCUT2D eigenvalue weighted by atomic mass is 16.1. The van der Waals surface area contributed by atoms with Gasteiger partial charge >= 0.3 is 0 Å². The van der Waals surface area contributed by atoms with E-state index in [9.17, 15) is 4.79 Å². The van der Waals surface area contributed by atoms with Gasteiger partial charge < -0.3 is 4.90 Å². The van der Waals surface area contributed by atoms with Crippen LogP contribution in [0.15, 0.2) is 23.8 Å². The van der Waals surface area contributed by atoms with Crippen LogP contribution >= 0.6 is 0 Å². The molecule has 1 aliphatic carbocycles. The normalized spacial score (nSPS) is 20.8. The van der Waals surface area contributed by atoms with Gasteiger partial charge in [-0.25, -0.2) is 0 Å². The van der Waals surface area contributed by atoms with Gasteiger partial charge in [-0.1, -0.05) is 59.7 Å². The molecule has 0 saturated heterocycles. The molecule has 1 atom stereocenters. The molecule has 2 heteroatoms. The Balaban J connectivity index is 2.41. The Morgan fingerprint density at radius 3 is 2.24 bits per heavy atom. The van der Waals surface area contributed by atoms with E-state index in [1.54, 1.807) is 0 Å². The fraction of sp³-hybridized carbons (Fsp3) is 0.609. The molecule has 0 radical (unpaired) electrons. The predicted octanol–water partition coefficient (Wildman–Crippen LogP) is 5.21. The van der Waals surface area contributed by atoms with Crippen molar-refractivity contribution in [3.8, 4) is 0 Å².